The van der Waals surface area contributed by atoms with E-state index in [4.69, 9.17) is 9.97 Å². The minimum absolute atomic E-state index is 0.0778. The molecule has 1 aliphatic carbocycles. The molecule has 0 spiro atoms. The van der Waals surface area contributed by atoms with Crippen LogP contribution in [0.15, 0.2) is 48.8 Å². The molecule has 4 heterocycles. The molecule has 7 rings (SSSR count). The number of hydrogen-bond acceptors (Lipinski definition) is 6. The van der Waals surface area contributed by atoms with Gasteiger partial charge in [-0.25, -0.2) is 9.97 Å². The van der Waals surface area contributed by atoms with E-state index in [9.17, 15) is 9.59 Å². The molecule has 1 saturated carbocycles. The highest BCUT2D eigenvalue weighted by Gasteiger charge is 2.50. The highest BCUT2D eigenvalue weighted by atomic mass is 16.2. The molecule has 0 unspecified atom stereocenters. The van der Waals surface area contributed by atoms with Crippen molar-refractivity contribution in [1.82, 2.24) is 24.8 Å². The number of aromatic nitrogens is 3. The first-order valence-corrected chi connectivity index (χ1v) is 17.8. The molecule has 9 nitrogen and oxygen atoms in total. The van der Waals surface area contributed by atoms with Crippen LogP contribution in [0, 0.1) is 6.92 Å². The van der Waals surface area contributed by atoms with Crippen LogP contribution in [0.2, 0.25) is 0 Å². The van der Waals surface area contributed by atoms with Gasteiger partial charge in [0, 0.05) is 47.2 Å². The SMILES string of the molecule is CCCNC(=O)c1cc(Nc2nc(-c3ccc4c(c3)N([C@H]3C[C@@H](N5CCCCC5)C3)C(=O)C4(C)C)cc3ncn(C(C)C)c23)ccc1C. The second-order valence-corrected chi connectivity index (χ2v) is 14.8. The predicted molar refractivity (Wildman–Crippen MR) is 193 cm³/mol. The average molecular weight is 648 g/mol. The van der Waals surface area contributed by atoms with Crippen LogP contribution < -0.4 is 15.5 Å². The normalized spacial score (nSPS) is 20.6. The Hall–Kier alpha value is -4.24. The number of likely N-dealkylation sites (tertiary alicyclic amines) is 1. The third kappa shape index (κ3) is 5.66. The van der Waals surface area contributed by atoms with Crippen LogP contribution >= 0.6 is 0 Å². The molecule has 0 bridgehead atoms. The number of imidazole rings is 1. The fourth-order valence-electron chi connectivity index (χ4n) is 7.76. The molecular formula is C39H49N7O2. The van der Waals surface area contributed by atoms with E-state index < -0.39 is 5.41 Å². The first-order valence-electron chi connectivity index (χ1n) is 17.8. The Balaban J connectivity index is 1.25. The number of carbonyl (C=O) groups is 2. The van der Waals surface area contributed by atoms with Crippen LogP contribution in [0.5, 0.6) is 0 Å². The van der Waals surface area contributed by atoms with Gasteiger partial charge in [0.15, 0.2) is 5.82 Å². The van der Waals surface area contributed by atoms with Gasteiger partial charge < -0.3 is 25.0 Å². The van der Waals surface area contributed by atoms with Gasteiger partial charge in [-0.15, -0.1) is 0 Å². The zero-order chi connectivity index (χ0) is 33.7. The van der Waals surface area contributed by atoms with Crippen molar-refractivity contribution in [3.05, 3.63) is 65.5 Å². The number of rotatable bonds is 9. The van der Waals surface area contributed by atoms with Crippen molar-refractivity contribution in [3.8, 4) is 11.3 Å². The Morgan fingerprint density at radius 2 is 1.79 bits per heavy atom. The van der Waals surface area contributed by atoms with Gasteiger partial charge in [-0.05, 0) is 115 Å². The Morgan fingerprint density at radius 1 is 1.02 bits per heavy atom. The van der Waals surface area contributed by atoms with Crippen LogP contribution in [0.3, 0.4) is 0 Å². The molecule has 9 heteroatoms. The molecule has 4 aromatic rings. The Morgan fingerprint density at radius 3 is 2.52 bits per heavy atom. The number of anilines is 3. The van der Waals surface area contributed by atoms with Crippen molar-refractivity contribution in [2.75, 3.05) is 29.9 Å². The smallest absolute Gasteiger partial charge is 0.251 e. The maximum absolute atomic E-state index is 14.0. The Kier molecular flexibility index (Phi) is 8.52. The van der Waals surface area contributed by atoms with E-state index in [0.29, 0.717) is 24.0 Å². The van der Waals surface area contributed by atoms with Gasteiger partial charge in [0.2, 0.25) is 5.91 Å². The summed E-state index contributed by atoms with van der Waals surface area (Å²) in [6.07, 6.45) is 8.71. The minimum atomic E-state index is -0.573. The standard InChI is InChI=1S/C39H49N7O2/c1-7-15-40-37(47)30-19-27(13-11-25(30)4)42-36-35-33(41-23-45(35)24(2)3)22-32(43-36)26-12-14-31-34(18-26)46(38(48)39(31,5)6)29-20-28(21-29)44-16-9-8-10-17-44/h11-14,18-19,22-24,28-29H,7-10,15-17,20-21H2,1-6H3,(H,40,47)(H,42,43)/t28-,29+. The number of hydrogen-bond donors (Lipinski definition) is 2. The van der Waals surface area contributed by atoms with Gasteiger partial charge in [-0.1, -0.05) is 31.5 Å². The summed E-state index contributed by atoms with van der Waals surface area (Å²) >= 11 is 0. The monoisotopic (exact) mass is 647 g/mol. The summed E-state index contributed by atoms with van der Waals surface area (Å²) in [5.41, 5.74) is 7.33. The molecule has 1 saturated heterocycles. The number of carbonyl (C=O) groups excluding carboxylic acids is 2. The zero-order valence-corrected chi connectivity index (χ0v) is 29.3. The predicted octanol–water partition coefficient (Wildman–Crippen LogP) is 7.51. The van der Waals surface area contributed by atoms with E-state index in [-0.39, 0.29) is 23.9 Å². The number of piperidine rings is 1. The molecule has 252 valence electrons. The maximum atomic E-state index is 14.0. The zero-order valence-electron chi connectivity index (χ0n) is 29.3. The third-order valence-electron chi connectivity index (χ3n) is 10.7. The van der Waals surface area contributed by atoms with Gasteiger partial charge in [0.1, 0.15) is 5.52 Å². The topological polar surface area (TPSA) is 95.4 Å². The Labute approximate surface area is 284 Å². The maximum Gasteiger partial charge on any atom is 0.251 e. The number of pyridine rings is 1. The lowest BCUT2D eigenvalue weighted by molar-refractivity contribution is -0.123. The highest BCUT2D eigenvalue weighted by molar-refractivity contribution is 6.09. The van der Waals surface area contributed by atoms with E-state index in [1.54, 1.807) is 0 Å². The van der Waals surface area contributed by atoms with Crippen LogP contribution in [-0.4, -0.2) is 63.0 Å². The summed E-state index contributed by atoms with van der Waals surface area (Å²) in [5, 5.41) is 6.55. The van der Waals surface area contributed by atoms with Crippen molar-refractivity contribution < 1.29 is 9.59 Å². The van der Waals surface area contributed by atoms with Crippen LogP contribution in [0.4, 0.5) is 17.2 Å². The largest absolute Gasteiger partial charge is 0.352 e. The van der Waals surface area contributed by atoms with Crippen LogP contribution in [0.25, 0.3) is 22.3 Å². The second kappa shape index (κ2) is 12.7. The summed E-state index contributed by atoms with van der Waals surface area (Å²) in [4.78, 5) is 41.6. The van der Waals surface area contributed by atoms with Crippen molar-refractivity contribution in [2.24, 2.45) is 0 Å². The molecule has 2 amide bonds. The van der Waals surface area contributed by atoms with Crippen molar-refractivity contribution >= 4 is 40.0 Å². The van der Waals surface area contributed by atoms with E-state index in [2.05, 4.69) is 70.9 Å². The number of fused-ring (bicyclic) bond motifs is 2. The van der Waals surface area contributed by atoms with Crippen molar-refractivity contribution in [1.29, 1.82) is 0 Å². The van der Waals surface area contributed by atoms with Gasteiger partial charge in [0.25, 0.3) is 5.91 Å². The first-order chi connectivity index (χ1) is 23.1. The second-order valence-electron chi connectivity index (χ2n) is 14.8. The Bertz CT molecular complexity index is 1860. The van der Waals surface area contributed by atoms with Gasteiger partial charge in [-0.3, -0.25) is 9.59 Å². The fourth-order valence-corrected chi connectivity index (χ4v) is 7.76. The van der Waals surface area contributed by atoms with Crippen molar-refractivity contribution in [2.45, 2.75) is 104 Å². The molecule has 2 aliphatic heterocycles. The average Bonchev–Trinajstić information content (AvgIpc) is 3.58. The van der Waals surface area contributed by atoms with Gasteiger partial charge >= 0.3 is 0 Å². The molecule has 48 heavy (non-hydrogen) atoms. The summed E-state index contributed by atoms with van der Waals surface area (Å²) in [7, 11) is 0. The van der Waals surface area contributed by atoms with E-state index in [0.717, 1.165) is 64.1 Å². The fraction of sp³-hybridized carbons (Fsp3) is 0.487. The van der Waals surface area contributed by atoms with Crippen LogP contribution in [-0.2, 0) is 10.2 Å². The molecule has 0 atom stereocenters. The van der Waals surface area contributed by atoms with Gasteiger partial charge in [-0.2, -0.15) is 0 Å². The van der Waals surface area contributed by atoms with Crippen LogP contribution in [0.1, 0.15) is 101 Å². The summed E-state index contributed by atoms with van der Waals surface area (Å²) in [6.45, 7) is 15.4. The molecule has 2 fully saturated rings. The first kappa shape index (κ1) is 32.3. The molecule has 2 aromatic carbocycles. The molecule has 3 aliphatic rings. The van der Waals surface area contributed by atoms with E-state index in [1.807, 2.05) is 44.4 Å². The lowest BCUT2D eigenvalue weighted by atomic mass is 9.82. The minimum Gasteiger partial charge on any atom is -0.352 e. The lowest BCUT2D eigenvalue weighted by Crippen LogP contribution is -2.57. The molecular weight excluding hydrogens is 598 g/mol. The number of benzene rings is 2. The van der Waals surface area contributed by atoms with Crippen molar-refractivity contribution in [3.63, 3.8) is 0 Å². The van der Waals surface area contributed by atoms with Gasteiger partial charge in [0.05, 0.1) is 23.0 Å². The number of nitrogens with one attached hydrogen (secondary N) is 2. The molecule has 2 aromatic heterocycles. The number of aryl methyl sites for hydroxylation is 1. The summed E-state index contributed by atoms with van der Waals surface area (Å²) < 4.78 is 2.12. The third-order valence-corrected chi connectivity index (χ3v) is 10.7. The van der Waals surface area contributed by atoms with E-state index in [1.165, 1.54) is 32.4 Å². The molecule has 0 radical (unpaired) electrons. The lowest BCUT2D eigenvalue weighted by Gasteiger charge is -2.48. The molecule has 2 N–H and O–H groups in total. The highest BCUT2D eigenvalue weighted by Crippen LogP contribution is 2.48. The quantitative estimate of drug-likeness (QED) is 0.195. The summed E-state index contributed by atoms with van der Waals surface area (Å²) in [5.74, 6) is 0.789. The summed E-state index contributed by atoms with van der Waals surface area (Å²) in [6, 6.07) is 15.2. The number of amides is 2. The number of nitrogens with zero attached hydrogens (tertiary/aromatic N) is 5. The van der Waals surface area contributed by atoms with E-state index >= 15 is 0 Å².